The van der Waals surface area contributed by atoms with Gasteiger partial charge >= 0.3 is 0 Å². The molecule has 2 aliphatic heterocycles. The number of nitrogens with zero attached hydrogens (tertiary/aromatic N) is 6. The Morgan fingerprint density at radius 2 is 1.61 bits per heavy atom. The third-order valence-electron chi connectivity index (χ3n) is 8.14. The Bertz CT molecular complexity index is 1460. The van der Waals surface area contributed by atoms with Gasteiger partial charge in [-0.05, 0) is 83.1 Å². The molecule has 2 atom stereocenters. The molecule has 38 heavy (non-hydrogen) atoms. The predicted molar refractivity (Wildman–Crippen MR) is 152 cm³/mol. The fourth-order valence-corrected chi connectivity index (χ4v) is 6.16. The smallest absolute Gasteiger partial charge is 0.211 e. The molecule has 200 valence electrons. The van der Waals surface area contributed by atoms with Crippen LogP contribution in [0.4, 0.5) is 16.0 Å². The molecule has 2 saturated heterocycles. The first kappa shape index (κ1) is 25.1. The number of hydrogen-bond donors (Lipinski definition) is 0. The minimum absolute atomic E-state index is 0.130. The molecule has 4 aromatic rings. The molecule has 7 nitrogen and oxygen atoms in total. The van der Waals surface area contributed by atoms with Gasteiger partial charge in [-0.3, -0.25) is 9.38 Å². The van der Waals surface area contributed by atoms with Gasteiger partial charge < -0.3 is 19.4 Å². The van der Waals surface area contributed by atoms with Crippen molar-refractivity contribution in [3.63, 3.8) is 0 Å². The summed E-state index contributed by atoms with van der Waals surface area (Å²) in [7, 11) is 4.25. The summed E-state index contributed by atoms with van der Waals surface area (Å²) >= 11 is 0. The van der Waals surface area contributed by atoms with Crippen molar-refractivity contribution in [2.75, 3.05) is 50.1 Å². The zero-order chi connectivity index (χ0) is 26.6. The number of aryl methyl sites for hydroxylation is 1. The van der Waals surface area contributed by atoms with Gasteiger partial charge in [0.05, 0.1) is 46.3 Å². The van der Waals surface area contributed by atoms with Crippen LogP contribution in [0.5, 0.6) is 0 Å². The van der Waals surface area contributed by atoms with Gasteiger partial charge in [0.15, 0.2) is 0 Å². The second-order valence-electron chi connectivity index (χ2n) is 11.2. The number of aromatic nitrogens is 3. The molecule has 8 heteroatoms. The minimum Gasteiger partial charge on any atom is -0.372 e. The number of morpholine rings is 1. The van der Waals surface area contributed by atoms with Crippen LogP contribution in [-0.2, 0) is 4.74 Å². The van der Waals surface area contributed by atoms with E-state index in [4.69, 9.17) is 14.7 Å². The Labute approximate surface area is 223 Å². The summed E-state index contributed by atoms with van der Waals surface area (Å²) < 4.78 is 23.6. The lowest BCUT2D eigenvalue weighted by Crippen LogP contribution is -2.46. The molecule has 0 N–H and O–H groups in total. The van der Waals surface area contributed by atoms with Crippen molar-refractivity contribution >= 4 is 28.2 Å². The molecule has 0 saturated carbocycles. The Morgan fingerprint density at radius 3 is 2.29 bits per heavy atom. The largest absolute Gasteiger partial charge is 0.372 e. The zero-order valence-corrected chi connectivity index (χ0v) is 23.0. The number of hydrogen-bond acceptors (Lipinski definition) is 6. The first-order valence-corrected chi connectivity index (χ1v) is 13.7. The molecule has 0 aliphatic carbocycles. The van der Waals surface area contributed by atoms with Gasteiger partial charge in [0, 0.05) is 32.2 Å². The standard InChI is InChI=1S/C30H37FN6O/c1-19-17-36(18-20(2)38-19)30-33-21(3)29-16-32-26-8-6-23(15-28(26)37(29)30)22-7-9-27(25(31)14-22)35-12-10-24(11-13-35)34(4)5/h6-9,14-16,19-20,24H,10-13,17-18H2,1-5H3/t19-,20+. The Hall–Kier alpha value is -3.23. The first-order valence-electron chi connectivity index (χ1n) is 13.7. The quantitative estimate of drug-likeness (QED) is 0.374. The third-order valence-corrected chi connectivity index (χ3v) is 8.14. The van der Waals surface area contributed by atoms with Crippen LogP contribution < -0.4 is 9.80 Å². The monoisotopic (exact) mass is 516 g/mol. The summed E-state index contributed by atoms with van der Waals surface area (Å²) in [6.07, 6.45) is 4.26. The summed E-state index contributed by atoms with van der Waals surface area (Å²) in [5.74, 6) is 0.740. The van der Waals surface area contributed by atoms with E-state index in [0.717, 1.165) is 78.3 Å². The average molecular weight is 517 g/mol. The number of benzene rings is 2. The minimum atomic E-state index is -0.169. The molecule has 2 aliphatic rings. The maximum atomic E-state index is 15.4. The van der Waals surface area contributed by atoms with Gasteiger partial charge in [-0.2, -0.15) is 0 Å². The molecule has 2 aromatic heterocycles. The van der Waals surface area contributed by atoms with E-state index in [1.54, 1.807) is 6.07 Å². The normalized spacial score (nSPS) is 21.2. The fraction of sp³-hybridized carbons (Fsp3) is 0.467. The van der Waals surface area contributed by atoms with Crippen LogP contribution in [0.15, 0.2) is 42.6 Å². The molecule has 2 fully saturated rings. The topological polar surface area (TPSA) is 49.1 Å². The number of rotatable bonds is 4. The van der Waals surface area contributed by atoms with Crippen LogP contribution in [0.3, 0.4) is 0 Å². The lowest BCUT2D eigenvalue weighted by atomic mass is 10.0. The third kappa shape index (κ3) is 4.50. The fourth-order valence-electron chi connectivity index (χ4n) is 6.16. The van der Waals surface area contributed by atoms with E-state index in [9.17, 15) is 0 Å². The molecule has 2 aromatic carbocycles. The maximum absolute atomic E-state index is 15.4. The SMILES string of the molecule is Cc1nc(N2C[C@@H](C)O[C@@H](C)C2)n2c1cnc1ccc(-c3ccc(N4CCC(N(C)C)CC4)c(F)c3)cc12. The van der Waals surface area contributed by atoms with E-state index in [2.05, 4.69) is 53.1 Å². The number of imidazole rings is 1. The summed E-state index contributed by atoms with van der Waals surface area (Å²) in [5, 5.41) is 0. The van der Waals surface area contributed by atoms with Gasteiger partial charge in [0.25, 0.3) is 0 Å². The van der Waals surface area contributed by atoms with Crippen molar-refractivity contribution in [3.8, 4) is 11.1 Å². The van der Waals surface area contributed by atoms with Crippen molar-refractivity contribution in [2.24, 2.45) is 0 Å². The lowest BCUT2D eigenvalue weighted by Gasteiger charge is -2.36. The van der Waals surface area contributed by atoms with E-state index in [1.807, 2.05) is 37.4 Å². The molecule has 0 radical (unpaired) electrons. The predicted octanol–water partition coefficient (Wildman–Crippen LogP) is 5.14. The molecule has 4 heterocycles. The number of ether oxygens (including phenoxy) is 1. The van der Waals surface area contributed by atoms with Gasteiger partial charge in [0.1, 0.15) is 5.82 Å². The second kappa shape index (κ2) is 9.82. The molecule has 0 bridgehead atoms. The van der Waals surface area contributed by atoms with Crippen molar-refractivity contribution in [1.82, 2.24) is 19.3 Å². The lowest BCUT2D eigenvalue weighted by molar-refractivity contribution is -0.00573. The maximum Gasteiger partial charge on any atom is 0.211 e. The van der Waals surface area contributed by atoms with Crippen LogP contribution in [0, 0.1) is 12.7 Å². The van der Waals surface area contributed by atoms with E-state index in [0.29, 0.717) is 11.7 Å². The zero-order valence-electron chi connectivity index (χ0n) is 23.0. The molecular formula is C30H37FN6O. The molecule has 0 spiro atoms. The van der Waals surface area contributed by atoms with Crippen molar-refractivity contribution in [2.45, 2.75) is 51.9 Å². The van der Waals surface area contributed by atoms with Crippen molar-refractivity contribution in [3.05, 3.63) is 54.1 Å². The van der Waals surface area contributed by atoms with Gasteiger partial charge in [-0.25, -0.2) is 9.37 Å². The number of anilines is 2. The number of fused-ring (bicyclic) bond motifs is 3. The van der Waals surface area contributed by atoms with Crippen LogP contribution in [0.25, 0.3) is 27.7 Å². The van der Waals surface area contributed by atoms with Crippen molar-refractivity contribution in [1.29, 1.82) is 0 Å². The highest BCUT2D eigenvalue weighted by Crippen LogP contribution is 2.32. The highest BCUT2D eigenvalue weighted by molar-refractivity contribution is 5.86. The highest BCUT2D eigenvalue weighted by atomic mass is 19.1. The van der Waals surface area contributed by atoms with Gasteiger partial charge in [0.2, 0.25) is 5.95 Å². The molecule has 0 amide bonds. The van der Waals surface area contributed by atoms with Gasteiger partial charge in [-0.1, -0.05) is 12.1 Å². The highest BCUT2D eigenvalue weighted by Gasteiger charge is 2.27. The molecular weight excluding hydrogens is 479 g/mol. The number of halogens is 1. The van der Waals surface area contributed by atoms with Crippen LogP contribution in [-0.4, -0.2) is 77.8 Å². The van der Waals surface area contributed by atoms with Gasteiger partial charge in [-0.15, -0.1) is 0 Å². The van der Waals surface area contributed by atoms with Crippen LogP contribution in [0.2, 0.25) is 0 Å². The first-order chi connectivity index (χ1) is 18.3. The average Bonchev–Trinajstić information content (AvgIpc) is 3.25. The molecule has 0 unspecified atom stereocenters. The molecule has 6 rings (SSSR count). The Kier molecular flexibility index (Phi) is 6.48. The van der Waals surface area contributed by atoms with Crippen molar-refractivity contribution < 1.29 is 9.13 Å². The van der Waals surface area contributed by atoms with E-state index < -0.39 is 0 Å². The van der Waals surface area contributed by atoms with Crippen LogP contribution >= 0.6 is 0 Å². The summed E-state index contributed by atoms with van der Waals surface area (Å²) in [4.78, 5) is 16.4. The summed E-state index contributed by atoms with van der Waals surface area (Å²) in [6, 6.07) is 12.4. The van der Waals surface area contributed by atoms with E-state index in [1.165, 1.54) is 0 Å². The Balaban J connectivity index is 1.37. The Morgan fingerprint density at radius 1 is 0.921 bits per heavy atom. The summed E-state index contributed by atoms with van der Waals surface area (Å²) in [6.45, 7) is 9.55. The summed E-state index contributed by atoms with van der Waals surface area (Å²) in [5.41, 5.74) is 6.30. The van der Waals surface area contributed by atoms with E-state index >= 15 is 4.39 Å². The second-order valence-corrected chi connectivity index (χ2v) is 11.2. The number of piperidine rings is 1. The van der Waals surface area contributed by atoms with E-state index in [-0.39, 0.29) is 18.0 Å². The van der Waals surface area contributed by atoms with Crippen LogP contribution in [0.1, 0.15) is 32.4 Å².